The second kappa shape index (κ2) is 4.48. The molecule has 0 radical (unpaired) electrons. The molecular formula is C13H15BO4. The van der Waals surface area contributed by atoms with Gasteiger partial charge in [0.05, 0.1) is 5.56 Å². The van der Waals surface area contributed by atoms with E-state index in [1.165, 1.54) is 0 Å². The molecule has 4 nitrogen and oxygen atoms in total. The molecule has 0 aliphatic carbocycles. The van der Waals surface area contributed by atoms with E-state index in [1.54, 1.807) is 6.07 Å². The Kier molecular flexibility index (Phi) is 3.15. The first-order chi connectivity index (χ1) is 8.42. The van der Waals surface area contributed by atoms with Gasteiger partial charge in [-0.15, -0.1) is 0 Å². The number of benzene rings is 1. The molecule has 0 bridgehead atoms. The number of fused-ring (bicyclic) bond motifs is 1. The first-order valence-corrected chi connectivity index (χ1v) is 5.99. The molecule has 0 aromatic heterocycles. The number of cyclic esters (lactones) is 1. The molecule has 1 aromatic carbocycles. The summed E-state index contributed by atoms with van der Waals surface area (Å²) in [5.41, 5.74) is 1.85. The van der Waals surface area contributed by atoms with E-state index in [0.717, 1.165) is 11.1 Å². The number of aryl methyl sites for hydroxylation is 1. The molecular weight excluding hydrogens is 231 g/mol. The summed E-state index contributed by atoms with van der Waals surface area (Å²) < 4.78 is 5.42. The van der Waals surface area contributed by atoms with Crippen LogP contribution in [-0.4, -0.2) is 24.9 Å². The first kappa shape index (κ1) is 12.7. The minimum atomic E-state index is -0.826. The number of carboxylic acid groups (broad SMARTS) is 1. The topological polar surface area (TPSA) is 63.6 Å². The predicted octanol–water partition coefficient (Wildman–Crippen LogP) is 1.21. The molecule has 1 atom stereocenters. The van der Waals surface area contributed by atoms with Crippen LogP contribution in [0.25, 0.3) is 0 Å². The van der Waals surface area contributed by atoms with E-state index in [9.17, 15) is 9.59 Å². The van der Waals surface area contributed by atoms with Crippen LogP contribution in [0, 0.1) is 6.92 Å². The van der Waals surface area contributed by atoms with Crippen LogP contribution < -0.4 is 0 Å². The van der Waals surface area contributed by atoms with E-state index in [0.29, 0.717) is 18.4 Å². The van der Waals surface area contributed by atoms with Crippen LogP contribution in [0.2, 0.25) is 0 Å². The molecule has 0 saturated heterocycles. The molecule has 0 amide bonds. The summed E-state index contributed by atoms with van der Waals surface area (Å²) in [6.07, 6.45) is 1.11. The fraction of sp³-hybridized carbons (Fsp3) is 0.385. The van der Waals surface area contributed by atoms with Crippen LogP contribution in [0.5, 0.6) is 0 Å². The smallest absolute Gasteiger partial charge is 0.338 e. The normalized spacial score (nSPS) is 21.5. The van der Waals surface area contributed by atoms with Gasteiger partial charge in [0.2, 0.25) is 0 Å². The van der Waals surface area contributed by atoms with Crippen molar-refractivity contribution >= 4 is 19.8 Å². The van der Waals surface area contributed by atoms with E-state index in [1.807, 2.05) is 26.9 Å². The number of carboxylic acids is 1. The van der Waals surface area contributed by atoms with E-state index in [2.05, 4.69) is 0 Å². The fourth-order valence-electron chi connectivity index (χ4n) is 2.35. The average molecular weight is 246 g/mol. The third-order valence-corrected chi connectivity index (χ3v) is 3.33. The van der Waals surface area contributed by atoms with Crippen molar-refractivity contribution in [3.63, 3.8) is 0 Å². The molecule has 18 heavy (non-hydrogen) atoms. The maximum atomic E-state index is 11.8. The van der Waals surface area contributed by atoms with Gasteiger partial charge in [-0.1, -0.05) is 17.7 Å². The number of hydrogen-bond acceptors (Lipinski definition) is 3. The highest BCUT2D eigenvalue weighted by Gasteiger charge is 2.40. The van der Waals surface area contributed by atoms with E-state index >= 15 is 0 Å². The number of ether oxygens (including phenoxy) is 1. The number of esters is 1. The zero-order valence-corrected chi connectivity index (χ0v) is 10.5. The van der Waals surface area contributed by atoms with Crippen LogP contribution >= 0.6 is 0 Å². The van der Waals surface area contributed by atoms with Gasteiger partial charge < -0.3 is 9.84 Å². The summed E-state index contributed by atoms with van der Waals surface area (Å²) in [7, 11) is 1.85. The molecule has 0 fully saturated rings. The van der Waals surface area contributed by atoms with E-state index < -0.39 is 11.5 Å². The van der Waals surface area contributed by atoms with Crippen molar-refractivity contribution in [3.05, 3.63) is 34.9 Å². The van der Waals surface area contributed by atoms with E-state index in [-0.39, 0.29) is 12.4 Å². The average Bonchev–Trinajstić information content (AvgIpc) is 2.50. The zero-order valence-electron chi connectivity index (χ0n) is 10.5. The lowest BCUT2D eigenvalue weighted by atomic mass is 9.72. The molecule has 1 heterocycles. The Labute approximate surface area is 106 Å². The molecule has 1 aliphatic heterocycles. The molecule has 2 rings (SSSR count). The maximum absolute atomic E-state index is 11.8. The minimum absolute atomic E-state index is 0.0916. The predicted molar refractivity (Wildman–Crippen MR) is 68.3 cm³/mol. The summed E-state index contributed by atoms with van der Waals surface area (Å²) in [6.45, 7) is 1.96. The fourth-order valence-corrected chi connectivity index (χ4v) is 2.35. The summed E-state index contributed by atoms with van der Waals surface area (Å²) in [4.78, 5) is 22.3. The molecule has 1 aromatic rings. The SMILES string of the molecule is BC1(CCCC(=O)O)OC(=O)c2ccc(C)cc21. The highest BCUT2D eigenvalue weighted by Crippen LogP contribution is 2.38. The van der Waals surface area contributed by atoms with E-state index in [4.69, 9.17) is 9.84 Å². The van der Waals surface area contributed by atoms with Crippen molar-refractivity contribution in [1.82, 2.24) is 0 Å². The Morgan fingerprint density at radius 3 is 2.89 bits per heavy atom. The van der Waals surface area contributed by atoms with Gasteiger partial charge in [-0.3, -0.25) is 4.79 Å². The van der Waals surface area contributed by atoms with Crippen molar-refractivity contribution in [1.29, 1.82) is 0 Å². The van der Waals surface area contributed by atoms with Gasteiger partial charge in [0.15, 0.2) is 7.85 Å². The van der Waals surface area contributed by atoms with Crippen molar-refractivity contribution in [3.8, 4) is 0 Å². The Hall–Kier alpha value is -1.78. The lowest BCUT2D eigenvalue weighted by Crippen LogP contribution is -2.26. The Balaban J connectivity index is 2.23. The lowest BCUT2D eigenvalue weighted by Gasteiger charge is -2.24. The summed E-state index contributed by atoms with van der Waals surface area (Å²) in [5.74, 6) is -1.14. The molecule has 0 spiro atoms. The van der Waals surface area contributed by atoms with Crippen molar-refractivity contribution in [2.75, 3.05) is 0 Å². The second-order valence-corrected chi connectivity index (χ2v) is 4.92. The monoisotopic (exact) mass is 246 g/mol. The largest absolute Gasteiger partial charge is 0.481 e. The number of carbonyl (C=O) groups is 2. The first-order valence-electron chi connectivity index (χ1n) is 5.99. The molecule has 0 saturated carbocycles. The van der Waals surface area contributed by atoms with Crippen LogP contribution in [0.1, 0.15) is 40.7 Å². The number of rotatable bonds is 4. The number of aliphatic carboxylic acids is 1. The van der Waals surface area contributed by atoms with Crippen molar-refractivity contribution in [2.24, 2.45) is 0 Å². The van der Waals surface area contributed by atoms with Crippen LogP contribution in [0.3, 0.4) is 0 Å². The number of hydrogen-bond donors (Lipinski definition) is 1. The highest BCUT2D eigenvalue weighted by molar-refractivity contribution is 6.18. The summed E-state index contributed by atoms with van der Waals surface area (Å²) in [6, 6.07) is 5.60. The molecule has 1 N–H and O–H groups in total. The van der Waals surface area contributed by atoms with Gasteiger partial charge in [-0.05, 0) is 25.8 Å². The third kappa shape index (κ3) is 2.25. The van der Waals surface area contributed by atoms with Crippen LogP contribution in [-0.2, 0) is 15.0 Å². The van der Waals surface area contributed by atoms with Gasteiger partial charge >= 0.3 is 11.9 Å². The molecule has 94 valence electrons. The third-order valence-electron chi connectivity index (χ3n) is 3.33. The standard InChI is InChI=1S/C13H15BO4/c1-8-4-5-9-10(7-8)13(14,18-12(9)17)6-2-3-11(15)16/h4-5,7H,2-3,6,14H2,1H3,(H,15,16). The zero-order chi connectivity index (χ0) is 13.3. The number of carbonyl (C=O) groups excluding carboxylic acids is 1. The van der Waals surface area contributed by atoms with Crippen LogP contribution in [0.4, 0.5) is 0 Å². The minimum Gasteiger partial charge on any atom is -0.481 e. The van der Waals surface area contributed by atoms with Gasteiger partial charge in [-0.2, -0.15) is 0 Å². The van der Waals surface area contributed by atoms with Gasteiger partial charge in [-0.25, -0.2) is 4.79 Å². The molecule has 1 aliphatic rings. The molecule has 1 unspecified atom stereocenters. The summed E-state index contributed by atoms with van der Waals surface area (Å²) in [5, 5.41) is 8.65. The lowest BCUT2D eigenvalue weighted by molar-refractivity contribution is -0.137. The highest BCUT2D eigenvalue weighted by atomic mass is 16.6. The maximum Gasteiger partial charge on any atom is 0.338 e. The molecule has 5 heteroatoms. The second-order valence-electron chi connectivity index (χ2n) is 4.92. The van der Waals surface area contributed by atoms with Crippen LogP contribution in [0.15, 0.2) is 18.2 Å². The summed E-state index contributed by atoms with van der Waals surface area (Å²) >= 11 is 0. The van der Waals surface area contributed by atoms with Crippen molar-refractivity contribution < 1.29 is 19.4 Å². The Bertz CT molecular complexity index is 512. The Morgan fingerprint density at radius 1 is 1.50 bits per heavy atom. The quantitative estimate of drug-likeness (QED) is 0.640. The van der Waals surface area contributed by atoms with Gasteiger partial charge in [0.1, 0.15) is 5.50 Å². The van der Waals surface area contributed by atoms with Crippen molar-refractivity contribution in [2.45, 2.75) is 31.7 Å². The van der Waals surface area contributed by atoms with Gasteiger partial charge in [0.25, 0.3) is 0 Å². The van der Waals surface area contributed by atoms with Gasteiger partial charge in [0, 0.05) is 12.0 Å². The Morgan fingerprint density at radius 2 is 2.22 bits per heavy atom.